The Morgan fingerprint density at radius 3 is 2.42 bits per heavy atom. The van der Waals surface area contributed by atoms with E-state index in [1.165, 1.54) is 50.3 Å². The minimum Gasteiger partial charge on any atom is -0.461 e. The molecule has 4 saturated carbocycles. The number of rotatable bonds is 8. The first-order valence-corrected chi connectivity index (χ1v) is 13.0. The molecule has 0 radical (unpaired) electrons. The zero-order valence-corrected chi connectivity index (χ0v) is 19.6. The molecule has 1 amide bonds. The maximum absolute atomic E-state index is 12.8. The fraction of sp³-hybridized carbons (Fsp3) is 0.500. The summed E-state index contributed by atoms with van der Waals surface area (Å²) >= 11 is 1.45. The van der Waals surface area contributed by atoms with Crippen LogP contribution in [0.4, 0.5) is 0 Å². The smallest absolute Gasteiger partial charge is 0.230 e. The summed E-state index contributed by atoms with van der Waals surface area (Å²) in [7, 11) is 0. The molecular formula is C26H30N4O2S. The van der Waals surface area contributed by atoms with Gasteiger partial charge < -0.3 is 9.73 Å². The predicted molar refractivity (Wildman–Crippen MR) is 128 cm³/mol. The van der Waals surface area contributed by atoms with Crippen LogP contribution in [0.2, 0.25) is 0 Å². The Labute approximate surface area is 198 Å². The molecule has 33 heavy (non-hydrogen) atoms. The highest BCUT2D eigenvalue weighted by Gasteiger charge is 2.50. The topological polar surface area (TPSA) is 73.0 Å². The zero-order chi connectivity index (χ0) is 22.3. The van der Waals surface area contributed by atoms with Gasteiger partial charge in [0.15, 0.2) is 10.9 Å². The van der Waals surface area contributed by atoms with Crippen molar-refractivity contribution in [1.29, 1.82) is 0 Å². The van der Waals surface area contributed by atoms with E-state index >= 15 is 0 Å². The maximum atomic E-state index is 12.8. The number of furan rings is 1. The van der Waals surface area contributed by atoms with Gasteiger partial charge in [0.25, 0.3) is 0 Å². The van der Waals surface area contributed by atoms with Crippen molar-refractivity contribution in [1.82, 2.24) is 20.1 Å². The van der Waals surface area contributed by atoms with Gasteiger partial charge in [-0.15, -0.1) is 10.2 Å². The summed E-state index contributed by atoms with van der Waals surface area (Å²) in [5, 5.41) is 12.8. The van der Waals surface area contributed by atoms with Crippen LogP contribution in [0, 0.1) is 23.2 Å². The normalized spacial score (nSPS) is 27.7. The number of hydrogen-bond donors (Lipinski definition) is 1. The number of thioether (sulfide) groups is 1. The molecule has 7 rings (SSSR count). The van der Waals surface area contributed by atoms with Crippen LogP contribution in [0.1, 0.15) is 44.1 Å². The van der Waals surface area contributed by atoms with E-state index in [1.54, 1.807) is 6.26 Å². The van der Waals surface area contributed by atoms with Crippen LogP contribution in [0.5, 0.6) is 0 Å². The Hall–Kier alpha value is -2.54. The van der Waals surface area contributed by atoms with Crippen molar-refractivity contribution in [2.75, 3.05) is 12.3 Å². The molecule has 1 N–H and O–H groups in total. The minimum absolute atomic E-state index is 0.0876. The van der Waals surface area contributed by atoms with Crippen LogP contribution in [-0.2, 0) is 11.3 Å². The molecule has 6 nitrogen and oxygen atoms in total. The Morgan fingerprint density at radius 1 is 1.03 bits per heavy atom. The summed E-state index contributed by atoms with van der Waals surface area (Å²) in [6.07, 6.45) is 9.86. The van der Waals surface area contributed by atoms with Crippen LogP contribution < -0.4 is 5.32 Å². The highest BCUT2D eigenvalue weighted by molar-refractivity contribution is 7.99. The average Bonchev–Trinajstić information content (AvgIpc) is 3.46. The first kappa shape index (κ1) is 21.0. The van der Waals surface area contributed by atoms with Gasteiger partial charge in [0.1, 0.15) is 0 Å². The van der Waals surface area contributed by atoms with E-state index < -0.39 is 0 Å². The molecule has 4 bridgehead atoms. The SMILES string of the molecule is O=C(CSc1nnc(-c2ccco2)n1Cc1ccccc1)NCC12CC3CC(CC(C3)C1)C2. The number of nitrogens with one attached hydrogen (secondary N) is 1. The molecule has 4 aliphatic carbocycles. The minimum atomic E-state index is 0.0876. The molecule has 0 saturated heterocycles. The van der Waals surface area contributed by atoms with Crippen molar-refractivity contribution in [3.05, 3.63) is 54.3 Å². The first-order valence-electron chi connectivity index (χ1n) is 12.1. The second kappa shape index (κ2) is 8.67. The van der Waals surface area contributed by atoms with Crippen LogP contribution in [0.25, 0.3) is 11.6 Å². The molecule has 4 fully saturated rings. The Balaban J connectivity index is 1.12. The van der Waals surface area contributed by atoms with Gasteiger partial charge >= 0.3 is 0 Å². The lowest BCUT2D eigenvalue weighted by atomic mass is 9.49. The first-order chi connectivity index (χ1) is 16.2. The third-order valence-corrected chi connectivity index (χ3v) is 8.77. The summed E-state index contributed by atoms with van der Waals surface area (Å²) in [6.45, 7) is 1.46. The van der Waals surface area contributed by atoms with Gasteiger partial charge in [0, 0.05) is 6.54 Å². The van der Waals surface area contributed by atoms with E-state index in [1.807, 2.05) is 34.9 Å². The fourth-order valence-corrected chi connectivity index (χ4v) is 7.63. The number of hydrogen-bond acceptors (Lipinski definition) is 5. The second-order valence-corrected chi connectivity index (χ2v) is 11.3. The summed E-state index contributed by atoms with van der Waals surface area (Å²) in [4.78, 5) is 12.8. The van der Waals surface area contributed by atoms with E-state index in [-0.39, 0.29) is 5.91 Å². The third kappa shape index (κ3) is 4.35. The molecule has 3 aromatic rings. The molecule has 2 heterocycles. The Morgan fingerprint density at radius 2 is 1.76 bits per heavy atom. The number of benzene rings is 1. The highest BCUT2D eigenvalue weighted by atomic mass is 32.2. The van der Waals surface area contributed by atoms with Crippen molar-refractivity contribution in [2.45, 2.75) is 50.2 Å². The molecule has 0 aliphatic heterocycles. The van der Waals surface area contributed by atoms with Gasteiger partial charge in [-0.25, -0.2) is 0 Å². The number of carbonyl (C=O) groups excluding carboxylic acids is 1. The van der Waals surface area contributed by atoms with E-state index in [0.29, 0.717) is 29.3 Å². The average molecular weight is 463 g/mol. The lowest BCUT2D eigenvalue weighted by molar-refractivity contribution is -0.120. The van der Waals surface area contributed by atoms with Crippen LogP contribution >= 0.6 is 11.8 Å². The zero-order valence-electron chi connectivity index (χ0n) is 18.8. The van der Waals surface area contributed by atoms with Gasteiger partial charge in [0.2, 0.25) is 11.7 Å². The van der Waals surface area contributed by atoms with Crippen molar-refractivity contribution in [2.24, 2.45) is 23.2 Å². The number of nitrogens with zero attached hydrogens (tertiary/aromatic N) is 3. The van der Waals surface area contributed by atoms with Gasteiger partial charge in [-0.1, -0.05) is 42.1 Å². The molecule has 2 aromatic heterocycles. The fourth-order valence-electron chi connectivity index (χ4n) is 6.87. The van der Waals surface area contributed by atoms with Crippen LogP contribution in [-0.4, -0.2) is 33.0 Å². The Bertz CT molecular complexity index is 1070. The van der Waals surface area contributed by atoms with Crippen molar-refractivity contribution in [3.63, 3.8) is 0 Å². The second-order valence-electron chi connectivity index (χ2n) is 10.3. The van der Waals surface area contributed by atoms with Crippen molar-refractivity contribution >= 4 is 17.7 Å². The summed E-state index contributed by atoms with van der Waals surface area (Å²) in [6, 6.07) is 14.0. The van der Waals surface area contributed by atoms with Gasteiger partial charge in [-0.3, -0.25) is 9.36 Å². The van der Waals surface area contributed by atoms with E-state index in [9.17, 15) is 4.79 Å². The number of aromatic nitrogens is 3. The largest absolute Gasteiger partial charge is 0.461 e. The van der Waals surface area contributed by atoms with Gasteiger partial charge in [-0.2, -0.15) is 0 Å². The summed E-state index contributed by atoms with van der Waals surface area (Å²) in [5.41, 5.74) is 1.51. The quantitative estimate of drug-likeness (QED) is 0.476. The van der Waals surface area contributed by atoms with Gasteiger partial charge in [0.05, 0.1) is 18.6 Å². The molecule has 0 spiro atoms. The molecular weight excluding hydrogens is 432 g/mol. The van der Waals surface area contributed by atoms with E-state index in [0.717, 1.165) is 35.0 Å². The maximum Gasteiger partial charge on any atom is 0.230 e. The standard InChI is InChI=1S/C26H30N4O2S/c31-23(27-17-26-12-19-9-20(13-26)11-21(10-19)14-26)16-33-25-29-28-24(22-7-4-8-32-22)30(25)15-18-5-2-1-3-6-18/h1-8,19-21H,9-17H2,(H,27,31). The van der Waals surface area contributed by atoms with Crippen molar-refractivity contribution in [3.8, 4) is 11.6 Å². The molecule has 172 valence electrons. The molecule has 7 heteroatoms. The lowest BCUT2D eigenvalue weighted by Crippen LogP contribution is -2.51. The van der Waals surface area contributed by atoms with Crippen LogP contribution in [0.3, 0.4) is 0 Å². The molecule has 0 unspecified atom stereocenters. The van der Waals surface area contributed by atoms with E-state index in [2.05, 4.69) is 27.6 Å². The lowest BCUT2D eigenvalue weighted by Gasteiger charge is -2.56. The molecule has 0 atom stereocenters. The Kier molecular flexibility index (Phi) is 5.52. The van der Waals surface area contributed by atoms with E-state index in [4.69, 9.17) is 4.42 Å². The summed E-state index contributed by atoms with van der Waals surface area (Å²) < 4.78 is 7.61. The highest BCUT2D eigenvalue weighted by Crippen LogP contribution is 2.59. The monoisotopic (exact) mass is 462 g/mol. The predicted octanol–water partition coefficient (Wildman–Crippen LogP) is 5.01. The summed E-state index contributed by atoms with van der Waals surface area (Å²) in [5.74, 6) is 4.50. The third-order valence-electron chi connectivity index (χ3n) is 7.80. The van der Waals surface area contributed by atoms with Gasteiger partial charge in [-0.05, 0) is 79.4 Å². The number of carbonyl (C=O) groups is 1. The molecule has 4 aliphatic rings. The number of amides is 1. The van der Waals surface area contributed by atoms with Crippen LogP contribution in [0.15, 0.2) is 58.3 Å². The van der Waals surface area contributed by atoms with Crippen molar-refractivity contribution < 1.29 is 9.21 Å². The molecule has 1 aromatic carbocycles.